The summed E-state index contributed by atoms with van der Waals surface area (Å²) in [5, 5.41) is 12.1. The Bertz CT molecular complexity index is 336. The number of rotatable bonds is 6. The van der Waals surface area contributed by atoms with E-state index in [-0.39, 0.29) is 19.0 Å². The van der Waals surface area contributed by atoms with Crippen molar-refractivity contribution < 1.29 is 14.3 Å². The highest BCUT2D eigenvalue weighted by Gasteiger charge is 2.10. The van der Waals surface area contributed by atoms with E-state index < -0.39 is 6.10 Å². The second-order valence-electron chi connectivity index (χ2n) is 3.66. The lowest BCUT2D eigenvalue weighted by Gasteiger charge is -2.09. The number of aliphatic hydroxyl groups excluding tert-OH is 1. The summed E-state index contributed by atoms with van der Waals surface area (Å²) in [6.45, 7) is 2.51. The normalized spacial score (nSPS) is 12.4. The number of carbonyl (C=O) groups is 1. The molecule has 4 N–H and O–H groups in total. The van der Waals surface area contributed by atoms with Gasteiger partial charge in [-0.05, 0) is 12.5 Å². The van der Waals surface area contributed by atoms with Gasteiger partial charge in [-0.3, -0.25) is 4.79 Å². The molecular formula is C11H18N2O3. The zero-order chi connectivity index (χ0) is 12.0. The largest absolute Gasteiger partial charge is 0.467 e. The van der Waals surface area contributed by atoms with Gasteiger partial charge < -0.3 is 20.6 Å². The summed E-state index contributed by atoms with van der Waals surface area (Å²) in [4.78, 5) is 11.6. The quantitative estimate of drug-likeness (QED) is 0.663. The molecule has 0 bridgehead atoms. The molecule has 0 fully saturated rings. The number of nitrogens with two attached hydrogens (primary N) is 1. The third-order valence-electron chi connectivity index (χ3n) is 2.24. The van der Waals surface area contributed by atoms with Crippen molar-refractivity contribution >= 4 is 5.91 Å². The third-order valence-corrected chi connectivity index (χ3v) is 2.24. The fraction of sp³-hybridized carbons (Fsp3) is 0.545. The summed E-state index contributed by atoms with van der Waals surface area (Å²) in [5.41, 5.74) is 5.79. The average Bonchev–Trinajstić information content (AvgIpc) is 2.75. The molecular weight excluding hydrogens is 208 g/mol. The number of amides is 1. The zero-order valence-electron chi connectivity index (χ0n) is 9.40. The zero-order valence-corrected chi connectivity index (χ0v) is 9.40. The van der Waals surface area contributed by atoms with Crippen molar-refractivity contribution in [2.75, 3.05) is 6.54 Å². The van der Waals surface area contributed by atoms with Crippen LogP contribution in [-0.2, 0) is 6.54 Å². The van der Waals surface area contributed by atoms with E-state index in [0.29, 0.717) is 17.7 Å². The Balaban J connectivity index is 2.40. The smallest absolute Gasteiger partial charge is 0.254 e. The van der Waals surface area contributed by atoms with Crippen LogP contribution < -0.4 is 11.1 Å². The van der Waals surface area contributed by atoms with Crippen LogP contribution in [0.15, 0.2) is 16.7 Å². The summed E-state index contributed by atoms with van der Waals surface area (Å²) in [5.74, 6) is 0.317. The van der Waals surface area contributed by atoms with Crippen LogP contribution in [-0.4, -0.2) is 23.7 Å². The van der Waals surface area contributed by atoms with E-state index in [4.69, 9.17) is 10.2 Å². The molecule has 1 aromatic heterocycles. The van der Waals surface area contributed by atoms with Gasteiger partial charge in [0, 0.05) is 6.54 Å². The molecule has 0 spiro atoms. The number of hydrogen-bond acceptors (Lipinski definition) is 4. The van der Waals surface area contributed by atoms with Gasteiger partial charge in [0.15, 0.2) is 0 Å². The second-order valence-corrected chi connectivity index (χ2v) is 3.66. The predicted octanol–water partition coefficient (Wildman–Crippen LogP) is 0.629. The van der Waals surface area contributed by atoms with Crippen molar-refractivity contribution in [3.8, 4) is 0 Å². The van der Waals surface area contributed by atoms with Crippen molar-refractivity contribution in [1.29, 1.82) is 0 Å². The molecule has 1 aromatic rings. The molecule has 1 amide bonds. The molecule has 90 valence electrons. The van der Waals surface area contributed by atoms with Crippen molar-refractivity contribution in [3.63, 3.8) is 0 Å². The lowest BCUT2D eigenvalue weighted by atomic mass is 10.2. The van der Waals surface area contributed by atoms with Gasteiger partial charge in [0.05, 0.1) is 18.2 Å². The Hall–Kier alpha value is -1.33. The van der Waals surface area contributed by atoms with Gasteiger partial charge in [-0.15, -0.1) is 0 Å². The molecule has 1 atom stereocenters. The van der Waals surface area contributed by atoms with E-state index in [0.717, 1.165) is 6.42 Å². The molecule has 1 rings (SSSR count). The summed E-state index contributed by atoms with van der Waals surface area (Å²) < 4.78 is 5.04. The molecule has 0 radical (unpaired) electrons. The highest BCUT2D eigenvalue weighted by atomic mass is 16.3. The Labute approximate surface area is 94.6 Å². The van der Waals surface area contributed by atoms with Gasteiger partial charge in [-0.25, -0.2) is 0 Å². The Kier molecular flexibility index (Phi) is 5.01. The summed E-state index contributed by atoms with van der Waals surface area (Å²) in [7, 11) is 0. The van der Waals surface area contributed by atoms with E-state index in [1.54, 1.807) is 6.07 Å². The number of carbonyl (C=O) groups excluding carboxylic acids is 1. The minimum absolute atomic E-state index is 0.251. The maximum atomic E-state index is 11.6. The maximum absolute atomic E-state index is 11.6. The van der Waals surface area contributed by atoms with Gasteiger partial charge in [0.1, 0.15) is 12.0 Å². The Morgan fingerprint density at radius 2 is 2.44 bits per heavy atom. The second kappa shape index (κ2) is 6.30. The first-order chi connectivity index (χ1) is 7.67. The maximum Gasteiger partial charge on any atom is 0.254 e. The first-order valence-electron chi connectivity index (χ1n) is 5.41. The Morgan fingerprint density at radius 3 is 3.00 bits per heavy atom. The van der Waals surface area contributed by atoms with Gasteiger partial charge in [0.25, 0.3) is 5.91 Å². The van der Waals surface area contributed by atoms with E-state index in [2.05, 4.69) is 5.32 Å². The summed E-state index contributed by atoms with van der Waals surface area (Å²) in [6.07, 6.45) is 2.44. The highest BCUT2D eigenvalue weighted by molar-refractivity contribution is 5.93. The van der Waals surface area contributed by atoms with Gasteiger partial charge in [-0.1, -0.05) is 13.3 Å². The fourth-order valence-corrected chi connectivity index (χ4v) is 1.35. The monoisotopic (exact) mass is 226 g/mol. The van der Waals surface area contributed by atoms with Gasteiger partial charge in [0.2, 0.25) is 0 Å². The summed E-state index contributed by atoms with van der Waals surface area (Å²) in [6, 6.07) is 1.60. The average molecular weight is 226 g/mol. The van der Waals surface area contributed by atoms with Crippen LogP contribution in [0.25, 0.3) is 0 Å². The summed E-state index contributed by atoms with van der Waals surface area (Å²) >= 11 is 0. The highest BCUT2D eigenvalue weighted by Crippen LogP contribution is 2.06. The lowest BCUT2D eigenvalue weighted by Crippen LogP contribution is -2.31. The molecule has 16 heavy (non-hydrogen) atoms. The van der Waals surface area contributed by atoms with E-state index in [9.17, 15) is 9.90 Å². The van der Waals surface area contributed by atoms with Crippen molar-refractivity contribution in [2.45, 2.75) is 32.4 Å². The molecule has 0 saturated heterocycles. The number of aliphatic hydroxyl groups is 1. The molecule has 5 nitrogen and oxygen atoms in total. The SMILES string of the molecule is CCCC(O)CNC(=O)c1coc(CN)c1. The molecule has 0 saturated carbocycles. The minimum atomic E-state index is -0.491. The van der Waals surface area contributed by atoms with Crippen molar-refractivity contribution in [1.82, 2.24) is 5.32 Å². The molecule has 1 unspecified atom stereocenters. The molecule has 0 aliphatic rings. The van der Waals surface area contributed by atoms with Crippen molar-refractivity contribution in [2.24, 2.45) is 5.73 Å². The van der Waals surface area contributed by atoms with Crippen LogP contribution in [0, 0.1) is 0 Å². The van der Waals surface area contributed by atoms with Crippen molar-refractivity contribution in [3.05, 3.63) is 23.7 Å². The topological polar surface area (TPSA) is 88.5 Å². The lowest BCUT2D eigenvalue weighted by molar-refractivity contribution is 0.0909. The first-order valence-corrected chi connectivity index (χ1v) is 5.41. The number of hydrogen-bond donors (Lipinski definition) is 3. The fourth-order valence-electron chi connectivity index (χ4n) is 1.35. The standard InChI is InChI=1S/C11H18N2O3/c1-2-3-9(14)6-13-11(15)8-4-10(5-12)16-7-8/h4,7,9,14H,2-3,5-6,12H2,1H3,(H,13,15). The van der Waals surface area contributed by atoms with Gasteiger partial charge in [-0.2, -0.15) is 0 Å². The van der Waals surface area contributed by atoms with Crippen LogP contribution in [0.2, 0.25) is 0 Å². The van der Waals surface area contributed by atoms with Crippen LogP contribution >= 0.6 is 0 Å². The van der Waals surface area contributed by atoms with Crippen LogP contribution in [0.4, 0.5) is 0 Å². The minimum Gasteiger partial charge on any atom is -0.467 e. The molecule has 0 aliphatic heterocycles. The Morgan fingerprint density at radius 1 is 1.69 bits per heavy atom. The first kappa shape index (κ1) is 12.7. The molecule has 0 aliphatic carbocycles. The van der Waals surface area contributed by atoms with E-state index >= 15 is 0 Å². The van der Waals surface area contributed by atoms with Crippen LogP contribution in [0.1, 0.15) is 35.9 Å². The molecule has 5 heteroatoms. The molecule has 1 heterocycles. The number of nitrogens with one attached hydrogen (secondary N) is 1. The predicted molar refractivity (Wildman–Crippen MR) is 59.8 cm³/mol. The van der Waals surface area contributed by atoms with E-state index in [1.807, 2.05) is 6.92 Å². The van der Waals surface area contributed by atoms with Crippen LogP contribution in [0.3, 0.4) is 0 Å². The van der Waals surface area contributed by atoms with Crippen LogP contribution in [0.5, 0.6) is 0 Å². The van der Waals surface area contributed by atoms with E-state index in [1.165, 1.54) is 6.26 Å². The van der Waals surface area contributed by atoms with Gasteiger partial charge >= 0.3 is 0 Å². The molecule has 0 aromatic carbocycles. The third kappa shape index (κ3) is 3.67. The number of furan rings is 1.